The quantitative estimate of drug-likeness (QED) is 0.784. The third kappa shape index (κ3) is 5.25. The highest BCUT2D eigenvalue weighted by Gasteiger charge is 2.24. The Morgan fingerprint density at radius 3 is 2.68 bits per heavy atom. The van der Waals surface area contributed by atoms with Crippen LogP contribution in [0.1, 0.15) is 16.5 Å². The van der Waals surface area contributed by atoms with E-state index in [-0.39, 0.29) is 0 Å². The van der Waals surface area contributed by atoms with E-state index >= 15 is 0 Å². The molecule has 1 aromatic carbocycles. The molecular weight excluding hydrogens is 348 g/mol. The molecule has 134 valence electrons. The number of likely N-dealkylation sites (N-methyl/N-ethyl adjacent to an activating group) is 1. The van der Waals surface area contributed by atoms with Crippen LogP contribution < -0.4 is 10.6 Å². The molecule has 1 fully saturated rings. The van der Waals surface area contributed by atoms with Crippen LogP contribution in [0.4, 0.5) is 5.69 Å². The SMILES string of the molecule is Cc1cccc(NC(=S)NC[C@@H](c2cccs2)N2CCN(C)CC2)c1. The van der Waals surface area contributed by atoms with Gasteiger partial charge >= 0.3 is 0 Å². The van der Waals surface area contributed by atoms with Gasteiger partial charge in [-0.3, -0.25) is 4.90 Å². The maximum absolute atomic E-state index is 5.50. The summed E-state index contributed by atoms with van der Waals surface area (Å²) in [6, 6.07) is 13.0. The summed E-state index contributed by atoms with van der Waals surface area (Å²) in [4.78, 5) is 6.35. The third-order valence-corrected chi connectivity index (χ3v) is 5.80. The molecule has 1 aliphatic heterocycles. The molecule has 25 heavy (non-hydrogen) atoms. The lowest BCUT2D eigenvalue weighted by Crippen LogP contribution is -2.48. The Labute approximate surface area is 159 Å². The molecule has 2 N–H and O–H groups in total. The van der Waals surface area contributed by atoms with E-state index in [4.69, 9.17) is 12.2 Å². The van der Waals surface area contributed by atoms with Crippen LogP contribution in [0.25, 0.3) is 0 Å². The molecule has 0 radical (unpaired) electrons. The van der Waals surface area contributed by atoms with Gasteiger partial charge in [-0.1, -0.05) is 18.2 Å². The molecule has 1 saturated heterocycles. The number of thiophene rings is 1. The van der Waals surface area contributed by atoms with Crippen LogP contribution >= 0.6 is 23.6 Å². The zero-order valence-electron chi connectivity index (χ0n) is 14.9. The van der Waals surface area contributed by atoms with Gasteiger partial charge in [-0.15, -0.1) is 11.3 Å². The molecule has 1 aliphatic rings. The second-order valence-electron chi connectivity index (χ2n) is 6.57. The van der Waals surface area contributed by atoms with Crippen molar-refractivity contribution in [1.29, 1.82) is 0 Å². The van der Waals surface area contributed by atoms with Crippen molar-refractivity contribution < 1.29 is 0 Å². The van der Waals surface area contributed by atoms with Crippen molar-refractivity contribution in [3.63, 3.8) is 0 Å². The molecule has 1 atom stereocenters. The van der Waals surface area contributed by atoms with Gasteiger partial charge in [-0.2, -0.15) is 0 Å². The summed E-state index contributed by atoms with van der Waals surface area (Å²) in [5.41, 5.74) is 2.26. The summed E-state index contributed by atoms with van der Waals surface area (Å²) < 4.78 is 0. The lowest BCUT2D eigenvalue weighted by molar-refractivity contribution is 0.114. The van der Waals surface area contributed by atoms with E-state index in [1.165, 1.54) is 10.4 Å². The van der Waals surface area contributed by atoms with E-state index in [1.54, 1.807) is 0 Å². The summed E-state index contributed by atoms with van der Waals surface area (Å²) in [6.45, 7) is 7.34. The number of rotatable bonds is 5. The zero-order valence-corrected chi connectivity index (χ0v) is 16.5. The van der Waals surface area contributed by atoms with Crippen LogP contribution in [0.3, 0.4) is 0 Å². The second kappa shape index (κ2) is 8.76. The van der Waals surface area contributed by atoms with Crippen LogP contribution in [0.5, 0.6) is 0 Å². The first kappa shape index (κ1) is 18.3. The number of hydrogen-bond acceptors (Lipinski definition) is 4. The lowest BCUT2D eigenvalue weighted by Gasteiger charge is -2.37. The van der Waals surface area contributed by atoms with Gasteiger partial charge < -0.3 is 15.5 Å². The molecule has 3 rings (SSSR count). The Kier molecular flexibility index (Phi) is 6.42. The number of benzene rings is 1. The van der Waals surface area contributed by atoms with Crippen LogP contribution in [0.2, 0.25) is 0 Å². The highest BCUT2D eigenvalue weighted by Crippen LogP contribution is 2.25. The van der Waals surface area contributed by atoms with E-state index in [1.807, 2.05) is 23.5 Å². The van der Waals surface area contributed by atoms with E-state index in [0.717, 1.165) is 38.4 Å². The Hall–Kier alpha value is -1.47. The number of nitrogens with zero attached hydrogens (tertiary/aromatic N) is 2. The Bertz CT molecular complexity index is 678. The van der Waals surface area contributed by atoms with Crippen molar-refractivity contribution in [3.05, 3.63) is 52.2 Å². The van der Waals surface area contributed by atoms with Gasteiger partial charge in [0.25, 0.3) is 0 Å². The maximum atomic E-state index is 5.50. The van der Waals surface area contributed by atoms with Crippen LogP contribution in [0, 0.1) is 6.92 Å². The molecule has 0 unspecified atom stereocenters. The van der Waals surface area contributed by atoms with Crippen molar-refractivity contribution in [2.75, 3.05) is 45.1 Å². The summed E-state index contributed by atoms with van der Waals surface area (Å²) >= 11 is 7.33. The van der Waals surface area contributed by atoms with Gasteiger partial charge in [0.2, 0.25) is 0 Å². The van der Waals surface area contributed by atoms with Crippen LogP contribution in [0.15, 0.2) is 41.8 Å². The van der Waals surface area contributed by atoms with Crippen molar-refractivity contribution in [3.8, 4) is 0 Å². The second-order valence-corrected chi connectivity index (χ2v) is 7.96. The smallest absolute Gasteiger partial charge is 0.170 e. The van der Waals surface area contributed by atoms with Gasteiger partial charge in [0.05, 0.1) is 6.04 Å². The van der Waals surface area contributed by atoms with E-state index in [2.05, 4.69) is 64.1 Å². The molecular formula is C19H26N4S2. The van der Waals surface area contributed by atoms with Crippen molar-refractivity contribution >= 4 is 34.4 Å². The number of anilines is 1. The fourth-order valence-corrected chi connectivity index (χ4v) is 4.17. The summed E-state index contributed by atoms with van der Waals surface area (Å²) in [5, 5.41) is 9.55. The maximum Gasteiger partial charge on any atom is 0.170 e. The minimum Gasteiger partial charge on any atom is -0.360 e. The Morgan fingerprint density at radius 2 is 2.00 bits per heavy atom. The summed E-state index contributed by atoms with van der Waals surface area (Å²) in [7, 11) is 2.19. The van der Waals surface area contributed by atoms with Gasteiger partial charge in [-0.05, 0) is 55.3 Å². The van der Waals surface area contributed by atoms with Crippen LogP contribution in [-0.4, -0.2) is 54.7 Å². The molecule has 2 aromatic rings. The molecule has 1 aromatic heterocycles. The lowest BCUT2D eigenvalue weighted by atomic mass is 10.1. The normalized spacial score (nSPS) is 17.2. The largest absolute Gasteiger partial charge is 0.360 e. The minimum absolute atomic E-state index is 0.367. The molecule has 0 saturated carbocycles. The minimum atomic E-state index is 0.367. The summed E-state index contributed by atoms with van der Waals surface area (Å²) in [5.74, 6) is 0. The van der Waals surface area contributed by atoms with Crippen molar-refractivity contribution in [2.45, 2.75) is 13.0 Å². The van der Waals surface area contributed by atoms with Crippen LogP contribution in [-0.2, 0) is 0 Å². The van der Waals surface area contributed by atoms with Gasteiger partial charge in [0, 0.05) is 43.3 Å². The molecule has 4 nitrogen and oxygen atoms in total. The fourth-order valence-electron chi connectivity index (χ4n) is 3.11. The van der Waals surface area contributed by atoms with Gasteiger partial charge in [-0.25, -0.2) is 0 Å². The highest BCUT2D eigenvalue weighted by atomic mass is 32.1. The number of piperazine rings is 1. The predicted molar refractivity (Wildman–Crippen MR) is 112 cm³/mol. The Morgan fingerprint density at radius 1 is 1.20 bits per heavy atom. The average molecular weight is 375 g/mol. The average Bonchev–Trinajstić information content (AvgIpc) is 3.11. The first-order valence-corrected chi connectivity index (χ1v) is 9.98. The number of thiocarbonyl (C=S) groups is 1. The molecule has 0 amide bonds. The molecule has 0 aliphatic carbocycles. The monoisotopic (exact) mass is 374 g/mol. The summed E-state index contributed by atoms with van der Waals surface area (Å²) in [6.07, 6.45) is 0. The molecule has 2 heterocycles. The Balaban J connectivity index is 1.59. The first-order valence-electron chi connectivity index (χ1n) is 8.69. The number of nitrogens with one attached hydrogen (secondary N) is 2. The predicted octanol–water partition coefficient (Wildman–Crippen LogP) is 3.33. The molecule has 0 spiro atoms. The molecule has 0 bridgehead atoms. The van der Waals surface area contributed by atoms with E-state index in [0.29, 0.717) is 11.2 Å². The van der Waals surface area contributed by atoms with E-state index in [9.17, 15) is 0 Å². The third-order valence-electron chi connectivity index (χ3n) is 4.58. The van der Waals surface area contributed by atoms with Gasteiger partial charge in [0.1, 0.15) is 0 Å². The highest BCUT2D eigenvalue weighted by molar-refractivity contribution is 7.80. The van der Waals surface area contributed by atoms with E-state index < -0.39 is 0 Å². The van der Waals surface area contributed by atoms with Crippen molar-refractivity contribution in [1.82, 2.24) is 15.1 Å². The standard InChI is InChI=1S/C19H26N4S2/c1-15-5-3-6-16(13-15)21-19(24)20-14-17(18-7-4-12-25-18)23-10-8-22(2)9-11-23/h3-7,12-13,17H,8-11,14H2,1-2H3,(H2,20,21,24)/t17-/m0/s1. The van der Waals surface area contributed by atoms with Gasteiger partial charge in [0.15, 0.2) is 5.11 Å². The molecule has 6 heteroatoms. The topological polar surface area (TPSA) is 30.5 Å². The fraction of sp³-hybridized carbons (Fsp3) is 0.421. The van der Waals surface area contributed by atoms with Crippen molar-refractivity contribution in [2.24, 2.45) is 0 Å². The zero-order chi connectivity index (χ0) is 17.6. The number of aryl methyl sites for hydroxylation is 1. The number of hydrogen-bond donors (Lipinski definition) is 2. The first-order chi connectivity index (χ1) is 12.1.